The molecule has 0 spiro atoms. The molecule has 0 aliphatic heterocycles. The van der Waals surface area contributed by atoms with E-state index in [0.29, 0.717) is 5.92 Å². The van der Waals surface area contributed by atoms with Gasteiger partial charge < -0.3 is 10.5 Å². The summed E-state index contributed by atoms with van der Waals surface area (Å²) in [6, 6.07) is 8.80. The number of nitrogens with two attached hydrogens (primary N) is 1. The maximum atomic E-state index is 6.23. The monoisotopic (exact) mass is 249 g/mol. The third-order valence-corrected chi connectivity index (χ3v) is 3.31. The Labute approximate surface area is 112 Å². The molecule has 2 nitrogen and oxygen atoms in total. The van der Waals surface area contributed by atoms with Crippen molar-refractivity contribution in [1.82, 2.24) is 0 Å². The van der Waals surface area contributed by atoms with E-state index in [1.54, 1.807) is 7.11 Å². The Bertz CT molecular complexity index is 350. The van der Waals surface area contributed by atoms with Crippen LogP contribution in [0, 0.1) is 5.92 Å². The fourth-order valence-electron chi connectivity index (χ4n) is 2.15. The summed E-state index contributed by atoms with van der Waals surface area (Å²) in [7, 11) is 1.74. The Balaban J connectivity index is 2.67. The standard InChI is InChI=1S/C16H27NO/c1-12(11-18-5)10-15(17)13-6-8-14(9-7-13)16(2,3)4/h6-9,12,15H,10-11,17H2,1-5H3. The molecule has 0 aliphatic rings. The molecule has 0 fully saturated rings. The normalized spacial score (nSPS) is 15.4. The lowest BCUT2D eigenvalue weighted by atomic mass is 9.86. The second-order valence-corrected chi connectivity index (χ2v) is 6.27. The molecule has 0 aliphatic carbocycles. The van der Waals surface area contributed by atoms with Crippen LogP contribution in [0.25, 0.3) is 0 Å². The minimum absolute atomic E-state index is 0.101. The Morgan fingerprint density at radius 3 is 2.17 bits per heavy atom. The molecular formula is C16H27NO. The van der Waals surface area contributed by atoms with Gasteiger partial charge in [0.05, 0.1) is 0 Å². The Hall–Kier alpha value is -0.860. The summed E-state index contributed by atoms with van der Waals surface area (Å²) < 4.78 is 5.15. The van der Waals surface area contributed by atoms with Crippen molar-refractivity contribution in [2.45, 2.75) is 45.6 Å². The first-order valence-electron chi connectivity index (χ1n) is 6.69. The Kier molecular flexibility index (Phi) is 5.36. The van der Waals surface area contributed by atoms with Crippen molar-refractivity contribution in [2.75, 3.05) is 13.7 Å². The van der Waals surface area contributed by atoms with Crippen LogP contribution in [0.4, 0.5) is 0 Å². The minimum atomic E-state index is 0.101. The smallest absolute Gasteiger partial charge is 0.0488 e. The maximum Gasteiger partial charge on any atom is 0.0488 e. The van der Waals surface area contributed by atoms with Gasteiger partial charge in [-0.05, 0) is 28.9 Å². The zero-order valence-corrected chi connectivity index (χ0v) is 12.4. The summed E-state index contributed by atoms with van der Waals surface area (Å²) in [5.41, 5.74) is 8.99. The van der Waals surface area contributed by atoms with Crippen LogP contribution in [0.2, 0.25) is 0 Å². The van der Waals surface area contributed by atoms with Crippen LogP contribution in [-0.4, -0.2) is 13.7 Å². The van der Waals surface area contributed by atoms with Crippen molar-refractivity contribution in [3.05, 3.63) is 35.4 Å². The van der Waals surface area contributed by atoms with Crippen LogP contribution in [0.1, 0.15) is 51.3 Å². The summed E-state index contributed by atoms with van der Waals surface area (Å²) >= 11 is 0. The van der Waals surface area contributed by atoms with Crippen molar-refractivity contribution in [3.63, 3.8) is 0 Å². The van der Waals surface area contributed by atoms with Crippen LogP contribution in [0.5, 0.6) is 0 Å². The second kappa shape index (κ2) is 6.35. The van der Waals surface area contributed by atoms with Crippen molar-refractivity contribution in [2.24, 2.45) is 11.7 Å². The first-order chi connectivity index (χ1) is 8.34. The van der Waals surface area contributed by atoms with Crippen LogP contribution < -0.4 is 5.73 Å². The average molecular weight is 249 g/mol. The lowest BCUT2D eigenvalue weighted by Crippen LogP contribution is -2.17. The minimum Gasteiger partial charge on any atom is -0.384 e. The van der Waals surface area contributed by atoms with Crippen molar-refractivity contribution in [3.8, 4) is 0 Å². The summed E-state index contributed by atoms with van der Waals surface area (Å²) in [5, 5.41) is 0. The van der Waals surface area contributed by atoms with Crippen molar-refractivity contribution in [1.29, 1.82) is 0 Å². The molecule has 1 aromatic rings. The molecule has 2 atom stereocenters. The fraction of sp³-hybridized carbons (Fsp3) is 0.625. The van der Waals surface area contributed by atoms with Gasteiger partial charge in [-0.25, -0.2) is 0 Å². The van der Waals surface area contributed by atoms with E-state index >= 15 is 0 Å². The summed E-state index contributed by atoms with van der Waals surface area (Å²) in [4.78, 5) is 0. The van der Waals surface area contributed by atoms with E-state index in [-0.39, 0.29) is 11.5 Å². The number of methoxy groups -OCH3 is 1. The molecule has 1 rings (SSSR count). The highest BCUT2D eigenvalue weighted by Gasteiger charge is 2.15. The van der Waals surface area contributed by atoms with Gasteiger partial charge in [-0.1, -0.05) is 52.0 Å². The SMILES string of the molecule is COCC(C)CC(N)c1ccc(C(C)(C)C)cc1. The van der Waals surface area contributed by atoms with Gasteiger partial charge in [0, 0.05) is 19.8 Å². The molecule has 0 saturated carbocycles. The number of benzene rings is 1. The third-order valence-electron chi connectivity index (χ3n) is 3.31. The topological polar surface area (TPSA) is 35.2 Å². The molecule has 0 heterocycles. The Morgan fingerprint density at radius 1 is 1.17 bits per heavy atom. The van der Waals surface area contributed by atoms with Gasteiger partial charge in [0.25, 0.3) is 0 Å². The highest BCUT2D eigenvalue weighted by atomic mass is 16.5. The molecule has 0 bridgehead atoms. The molecule has 0 radical (unpaired) electrons. The van der Waals surface area contributed by atoms with Gasteiger partial charge >= 0.3 is 0 Å². The first-order valence-corrected chi connectivity index (χ1v) is 6.69. The quantitative estimate of drug-likeness (QED) is 0.864. The lowest BCUT2D eigenvalue weighted by Gasteiger charge is -2.21. The van der Waals surface area contributed by atoms with E-state index in [0.717, 1.165) is 13.0 Å². The number of hydrogen-bond acceptors (Lipinski definition) is 2. The van der Waals surface area contributed by atoms with E-state index in [2.05, 4.69) is 52.0 Å². The second-order valence-electron chi connectivity index (χ2n) is 6.27. The van der Waals surface area contributed by atoms with Crippen LogP contribution in [-0.2, 0) is 10.2 Å². The first kappa shape index (κ1) is 15.2. The van der Waals surface area contributed by atoms with Gasteiger partial charge in [0.1, 0.15) is 0 Å². The number of hydrogen-bond donors (Lipinski definition) is 1. The molecular weight excluding hydrogens is 222 g/mol. The molecule has 0 amide bonds. The van der Waals surface area contributed by atoms with Gasteiger partial charge in [0.2, 0.25) is 0 Å². The molecule has 102 valence electrons. The molecule has 2 heteroatoms. The number of rotatable bonds is 5. The molecule has 0 aromatic heterocycles. The maximum absolute atomic E-state index is 6.23. The van der Waals surface area contributed by atoms with E-state index in [9.17, 15) is 0 Å². The highest BCUT2D eigenvalue weighted by molar-refractivity contribution is 5.29. The molecule has 1 aromatic carbocycles. The predicted molar refractivity (Wildman–Crippen MR) is 77.7 cm³/mol. The zero-order valence-electron chi connectivity index (χ0n) is 12.4. The van der Waals surface area contributed by atoms with Crippen LogP contribution in [0.15, 0.2) is 24.3 Å². The van der Waals surface area contributed by atoms with Gasteiger partial charge in [-0.2, -0.15) is 0 Å². The van der Waals surface area contributed by atoms with E-state index < -0.39 is 0 Å². The fourth-order valence-corrected chi connectivity index (χ4v) is 2.15. The van der Waals surface area contributed by atoms with Crippen LogP contribution >= 0.6 is 0 Å². The molecule has 2 N–H and O–H groups in total. The van der Waals surface area contributed by atoms with Gasteiger partial charge in [-0.15, -0.1) is 0 Å². The number of ether oxygens (including phenoxy) is 1. The summed E-state index contributed by atoms with van der Waals surface area (Å²) in [5.74, 6) is 0.493. The van der Waals surface area contributed by atoms with E-state index in [1.165, 1.54) is 11.1 Å². The van der Waals surface area contributed by atoms with Gasteiger partial charge in [0.15, 0.2) is 0 Å². The van der Waals surface area contributed by atoms with Crippen molar-refractivity contribution >= 4 is 0 Å². The largest absolute Gasteiger partial charge is 0.384 e. The highest BCUT2D eigenvalue weighted by Crippen LogP contribution is 2.25. The summed E-state index contributed by atoms with van der Waals surface area (Å²) in [6.45, 7) is 9.62. The van der Waals surface area contributed by atoms with Crippen molar-refractivity contribution < 1.29 is 4.74 Å². The third kappa shape index (κ3) is 4.43. The van der Waals surface area contributed by atoms with E-state index in [4.69, 9.17) is 10.5 Å². The zero-order chi connectivity index (χ0) is 13.8. The van der Waals surface area contributed by atoms with Crippen LogP contribution in [0.3, 0.4) is 0 Å². The van der Waals surface area contributed by atoms with E-state index in [1.807, 2.05) is 0 Å². The molecule has 0 saturated heterocycles. The Morgan fingerprint density at radius 2 is 1.72 bits per heavy atom. The lowest BCUT2D eigenvalue weighted by molar-refractivity contribution is 0.152. The summed E-state index contributed by atoms with van der Waals surface area (Å²) in [6.07, 6.45) is 0.961. The molecule has 2 unspecified atom stereocenters. The average Bonchev–Trinajstić information content (AvgIpc) is 2.28. The predicted octanol–water partition coefficient (Wildman–Crippen LogP) is 3.66. The van der Waals surface area contributed by atoms with Gasteiger partial charge in [-0.3, -0.25) is 0 Å². The molecule has 18 heavy (non-hydrogen) atoms.